The molecule has 5 fully saturated rings. The van der Waals surface area contributed by atoms with Crippen LogP contribution in [0.1, 0.15) is 62.2 Å². The molecule has 6 rings (SSSR count). The molecule has 6 bridgehead atoms. The van der Waals surface area contributed by atoms with Crippen LogP contribution in [0.4, 0.5) is 0 Å². The number of piperidine rings is 3. The summed E-state index contributed by atoms with van der Waals surface area (Å²) in [5.41, 5.74) is 1.74. The van der Waals surface area contributed by atoms with Gasteiger partial charge in [0.05, 0.1) is 39.7 Å². The molecule has 5 aliphatic heterocycles. The highest BCUT2D eigenvalue weighted by atomic mass is 16.5. The summed E-state index contributed by atoms with van der Waals surface area (Å²) < 4.78 is 21.7. The molecule has 5 aliphatic rings. The van der Waals surface area contributed by atoms with Gasteiger partial charge >= 0.3 is 5.97 Å². The Morgan fingerprint density at radius 1 is 1.10 bits per heavy atom. The lowest BCUT2D eigenvalue weighted by Gasteiger charge is -2.70. The smallest absolute Gasteiger partial charge is 0.338 e. The molecular formula is C31H43N3O6. The number of ether oxygens (including phenoxy) is 4. The van der Waals surface area contributed by atoms with Crippen LogP contribution in [0.3, 0.4) is 0 Å². The molecule has 0 aromatic heterocycles. The third-order valence-electron chi connectivity index (χ3n) is 9.29. The Morgan fingerprint density at radius 3 is 2.50 bits per heavy atom. The molecule has 1 aromatic carbocycles. The second-order valence-corrected chi connectivity index (χ2v) is 11.4. The zero-order chi connectivity index (χ0) is 28.4. The van der Waals surface area contributed by atoms with Crippen molar-refractivity contribution >= 4 is 11.9 Å². The van der Waals surface area contributed by atoms with E-state index in [4.69, 9.17) is 18.9 Å². The number of carbonyl (C=O) groups is 2. The minimum Gasteiger partial charge on any atom is -0.493 e. The second kappa shape index (κ2) is 12.2. The molecule has 8 atom stereocenters. The molecular weight excluding hydrogens is 510 g/mol. The number of unbranched alkanes of at least 4 members (excludes halogenated alkanes) is 1. The molecule has 8 unspecified atom stereocenters. The number of carbonyl (C=O) groups excluding carboxylic acids is 2. The van der Waals surface area contributed by atoms with Gasteiger partial charge in [-0.05, 0) is 74.5 Å². The molecule has 218 valence electrons. The van der Waals surface area contributed by atoms with Gasteiger partial charge in [-0.1, -0.05) is 6.08 Å². The van der Waals surface area contributed by atoms with E-state index >= 15 is 0 Å². The van der Waals surface area contributed by atoms with Gasteiger partial charge in [-0.15, -0.1) is 6.58 Å². The highest BCUT2D eigenvalue weighted by Gasteiger charge is 2.61. The molecule has 1 N–H and O–H groups in total. The number of nitrogens with zero attached hydrogens (tertiary/aromatic N) is 2. The molecule has 1 aromatic rings. The maximum absolute atomic E-state index is 12.8. The predicted octanol–water partition coefficient (Wildman–Crippen LogP) is 4.13. The number of amides is 1. The van der Waals surface area contributed by atoms with Gasteiger partial charge in [-0.25, -0.2) is 4.79 Å². The summed E-state index contributed by atoms with van der Waals surface area (Å²) >= 11 is 0. The predicted molar refractivity (Wildman–Crippen MR) is 151 cm³/mol. The average molecular weight is 554 g/mol. The minimum atomic E-state index is -0.402. The number of rotatable bonds is 12. The fraction of sp³-hybridized carbons (Fsp3) is 0.613. The van der Waals surface area contributed by atoms with Crippen LogP contribution in [0.2, 0.25) is 0 Å². The van der Waals surface area contributed by atoms with Gasteiger partial charge in [0, 0.05) is 37.8 Å². The molecule has 0 spiro atoms. The lowest BCUT2D eigenvalue weighted by Crippen LogP contribution is -2.79. The van der Waals surface area contributed by atoms with Crippen molar-refractivity contribution in [1.29, 1.82) is 0 Å². The number of nitrogens with one attached hydrogen (secondary N) is 1. The first-order chi connectivity index (χ1) is 19.4. The molecule has 0 aliphatic carbocycles. The Hall–Kier alpha value is -3.04. The normalized spacial score (nSPS) is 32.5. The summed E-state index contributed by atoms with van der Waals surface area (Å²) in [5, 5.41) is 2.96. The Balaban J connectivity index is 1.21. The van der Waals surface area contributed by atoms with Gasteiger partial charge < -0.3 is 24.3 Å². The first-order valence-corrected chi connectivity index (χ1v) is 14.5. The summed E-state index contributed by atoms with van der Waals surface area (Å²) in [5.74, 6) is 2.10. The van der Waals surface area contributed by atoms with Crippen molar-refractivity contribution in [2.75, 3.05) is 34.5 Å². The average Bonchev–Trinajstić information content (AvgIpc) is 2.96. The van der Waals surface area contributed by atoms with Crippen molar-refractivity contribution in [3.63, 3.8) is 0 Å². The maximum Gasteiger partial charge on any atom is 0.338 e. The Kier molecular flexibility index (Phi) is 8.71. The quantitative estimate of drug-likeness (QED) is 0.235. The summed E-state index contributed by atoms with van der Waals surface area (Å²) in [7, 11) is 4.58. The van der Waals surface area contributed by atoms with Crippen molar-refractivity contribution in [2.24, 2.45) is 11.8 Å². The minimum absolute atomic E-state index is 0.0162. The highest BCUT2D eigenvalue weighted by molar-refractivity contribution is 5.91. The Morgan fingerprint density at radius 2 is 1.85 bits per heavy atom. The fourth-order valence-electron chi connectivity index (χ4n) is 7.79. The topological polar surface area (TPSA) is 89.6 Å². The molecule has 0 saturated carbocycles. The summed E-state index contributed by atoms with van der Waals surface area (Å²) in [4.78, 5) is 30.0. The van der Waals surface area contributed by atoms with E-state index in [9.17, 15) is 9.59 Å². The van der Waals surface area contributed by atoms with E-state index in [2.05, 4.69) is 27.8 Å². The Bertz CT molecular complexity index is 1130. The van der Waals surface area contributed by atoms with Gasteiger partial charge in [0.25, 0.3) is 0 Å². The zero-order valence-electron chi connectivity index (χ0n) is 24.2. The highest BCUT2D eigenvalue weighted by Crippen LogP contribution is 2.55. The second-order valence-electron chi connectivity index (χ2n) is 11.4. The van der Waals surface area contributed by atoms with Crippen molar-refractivity contribution < 1.29 is 28.5 Å². The van der Waals surface area contributed by atoms with Gasteiger partial charge in [0.15, 0.2) is 11.5 Å². The first-order valence-electron chi connectivity index (χ1n) is 14.5. The summed E-state index contributed by atoms with van der Waals surface area (Å²) in [6, 6.07) is 4.66. The number of esters is 1. The molecule has 5 saturated heterocycles. The van der Waals surface area contributed by atoms with Gasteiger partial charge in [0.1, 0.15) is 0 Å². The van der Waals surface area contributed by atoms with Crippen molar-refractivity contribution in [1.82, 2.24) is 15.1 Å². The van der Waals surface area contributed by atoms with Gasteiger partial charge in [-0.3, -0.25) is 14.6 Å². The monoisotopic (exact) mass is 553 g/mol. The number of hydrogen-bond acceptors (Lipinski definition) is 8. The van der Waals surface area contributed by atoms with Gasteiger partial charge in [0.2, 0.25) is 11.7 Å². The van der Waals surface area contributed by atoms with Crippen LogP contribution in [0.15, 0.2) is 36.6 Å². The largest absolute Gasteiger partial charge is 0.493 e. The summed E-state index contributed by atoms with van der Waals surface area (Å²) in [6.07, 6.45) is 11.8. The lowest BCUT2D eigenvalue weighted by atomic mass is 9.62. The molecule has 40 heavy (non-hydrogen) atoms. The summed E-state index contributed by atoms with van der Waals surface area (Å²) in [6.45, 7) is 7.15. The van der Waals surface area contributed by atoms with E-state index in [1.807, 2.05) is 6.20 Å². The van der Waals surface area contributed by atoms with Crippen LogP contribution in [0.5, 0.6) is 17.2 Å². The van der Waals surface area contributed by atoms with Crippen molar-refractivity contribution in [3.05, 3.63) is 42.1 Å². The molecule has 0 radical (unpaired) electrons. The van der Waals surface area contributed by atoms with E-state index in [0.717, 1.165) is 45.1 Å². The number of hydrogen-bond donors (Lipinski definition) is 1. The first kappa shape index (κ1) is 28.5. The third kappa shape index (κ3) is 5.21. The Labute approximate surface area is 237 Å². The SMILES string of the molecule is C=CCC1C2CC3CN1C1CCC(=CNC(C)=O)C2N1C3CCCCOC(=O)c1cc(OC)c(OC)c(OC)c1. The van der Waals surface area contributed by atoms with E-state index in [1.54, 1.807) is 19.1 Å². The van der Waals surface area contributed by atoms with E-state index in [0.29, 0.717) is 65.5 Å². The van der Waals surface area contributed by atoms with Gasteiger partial charge in [-0.2, -0.15) is 0 Å². The molecule has 1 amide bonds. The standard InChI is InChI=1S/C31H43N3O6/c1-6-9-25-23-14-22-18-33(25)28-12-11-20(17-32-19(2)35)29(23)34(28)24(22)10-7-8-13-40-31(36)21-15-26(37-3)30(39-5)27(16-21)38-4/h6,15-17,22-25,28-29H,1,7-14,18H2,2-5H3,(H,32,35). The van der Waals surface area contributed by atoms with Crippen LogP contribution in [0, 0.1) is 11.8 Å². The number of methoxy groups -OCH3 is 3. The molecule has 5 heterocycles. The maximum atomic E-state index is 12.8. The van der Waals surface area contributed by atoms with E-state index in [1.165, 1.54) is 33.3 Å². The van der Waals surface area contributed by atoms with Crippen LogP contribution in [-0.2, 0) is 9.53 Å². The molecule has 9 nitrogen and oxygen atoms in total. The fourth-order valence-corrected chi connectivity index (χ4v) is 7.79. The number of benzene rings is 1. The van der Waals surface area contributed by atoms with E-state index < -0.39 is 5.97 Å². The van der Waals surface area contributed by atoms with Crippen LogP contribution < -0.4 is 19.5 Å². The van der Waals surface area contributed by atoms with Crippen molar-refractivity contribution in [3.8, 4) is 17.2 Å². The zero-order valence-corrected chi connectivity index (χ0v) is 24.2. The van der Waals surface area contributed by atoms with Crippen molar-refractivity contribution in [2.45, 2.75) is 76.2 Å². The van der Waals surface area contributed by atoms with Crippen LogP contribution in [0.25, 0.3) is 0 Å². The lowest BCUT2D eigenvalue weighted by molar-refractivity contribution is -0.220. The van der Waals surface area contributed by atoms with E-state index in [-0.39, 0.29) is 5.91 Å². The third-order valence-corrected chi connectivity index (χ3v) is 9.29. The van der Waals surface area contributed by atoms with Crippen LogP contribution in [-0.4, -0.2) is 80.4 Å². The van der Waals surface area contributed by atoms with Crippen LogP contribution >= 0.6 is 0 Å². The molecule has 9 heteroatoms.